The van der Waals surface area contributed by atoms with Gasteiger partial charge in [0.1, 0.15) is 0 Å². The molecule has 0 aliphatic rings. The topological polar surface area (TPSA) is 55.4 Å². The lowest BCUT2D eigenvalue weighted by molar-refractivity contribution is 0.199. The molecule has 0 rings (SSSR count). The molecule has 4 nitrogen and oxygen atoms in total. The van der Waals surface area contributed by atoms with E-state index in [0.717, 1.165) is 25.8 Å². The van der Waals surface area contributed by atoms with E-state index in [1.165, 1.54) is 0 Å². The van der Waals surface area contributed by atoms with Crippen molar-refractivity contribution < 1.29 is 13.2 Å². The first-order valence-electron chi connectivity index (χ1n) is 6.48. The first-order chi connectivity index (χ1) is 8.05. The first kappa shape index (κ1) is 16.9. The quantitative estimate of drug-likeness (QED) is 0.577. The highest BCUT2D eigenvalue weighted by molar-refractivity contribution is 7.91. The van der Waals surface area contributed by atoms with E-state index in [9.17, 15) is 8.42 Å². The van der Waals surface area contributed by atoms with Crippen LogP contribution in [-0.2, 0) is 14.6 Å². The van der Waals surface area contributed by atoms with Gasteiger partial charge in [-0.15, -0.1) is 0 Å². The maximum absolute atomic E-state index is 11.9. The van der Waals surface area contributed by atoms with Gasteiger partial charge in [-0.2, -0.15) is 0 Å². The van der Waals surface area contributed by atoms with Gasteiger partial charge < -0.3 is 10.1 Å². The van der Waals surface area contributed by atoms with Gasteiger partial charge in [0.05, 0.1) is 11.5 Å². The molecule has 5 heteroatoms. The molecule has 0 heterocycles. The Morgan fingerprint density at radius 2 is 1.94 bits per heavy atom. The second-order valence-electron chi connectivity index (χ2n) is 4.40. The summed E-state index contributed by atoms with van der Waals surface area (Å²) in [4.78, 5) is 0. The van der Waals surface area contributed by atoms with Gasteiger partial charge >= 0.3 is 0 Å². The monoisotopic (exact) mass is 265 g/mol. The first-order valence-corrected chi connectivity index (χ1v) is 8.30. The molecule has 0 spiro atoms. The van der Waals surface area contributed by atoms with Crippen molar-refractivity contribution in [2.24, 2.45) is 0 Å². The van der Waals surface area contributed by atoms with Crippen molar-refractivity contribution in [2.45, 2.75) is 45.6 Å². The molecule has 0 radical (unpaired) electrons. The van der Waals surface area contributed by atoms with Crippen LogP contribution in [0, 0.1) is 0 Å². The van der Waals surface area contributed by atoms with Gasteiger partial charge in [0, 0.05) is 19.8 Å². The molecule has 0 saturated heterocycles. The lowest BCUT2D eigenvalue weighted by Crippen LogP contribution is -2.36. The largest absolute Gasteiger partial charge is 0.385 e. The molecule has 1 unspecified atom stereocenters. The summed E-state index contributed by atoms with van der Waals surface area (Å²) in [6, 6.07) is 0.104. The number of hydrogen-bond acceptors (Lipinski definition) is 4. The van der Waals surface area contributed by atoms with E-state index < -0.39 is 9.84 Å². The summed E-state index contributed by atoms with van der Waals surface area (Å²) < 4.78 is 28.6. The molecule has 0 amide bonds. The van der Waals surface area contributed by atoms with Gasteiger partial charge in [0.25, 0.3) is 0 Å². The predicted octanol–water partition coefficient (Wildman–Crippen LogP) is 1.61. The second kappa shape index (κ2) is 9.85. The van der Waals surface area contributed by atoms with Crippen molar-refractivity contribution in [1.82, 2.24) is 5.32 Å². The molecule has 0 bridgehead atoms. The number of ether oxygens (including phenoxy) is 1. The highest BCUT2D eigenvalue weighted by Gasteiger charge is 2.17. The van der Waals surface area contributed by atoms with Gasteiger partial charge in [-0.3, -0.25) is 0 Å². The smallest absolute Gasteiger partial charge is 0.151 e. The van der Waals surface area contributed by atoms with Crippen LogP contribution in [0.1, 0.15) is 39.5 Å². The minimum atomic E-state index is -2.95. The molecule has 17 heavy (non-hydrogen) atoms. The average Bonchev–Trinajstić information content (AvgIpc) is 2.26. The standard InChI is InChI=1S/C12H27NO3S/c1-4-7-12(13-8-5-2)11-17(14,15)10-6-9-16-3/h12-13H,4-11H2,1-3H3. The molecule has 0 aromatic rings. The van der Waals surface area contributed by atoms with Crippen LogP contribution >= 0.6 is 0 Å². The summed E-state index contributed by atoms with van der Waals surface area (Å²) in [5, 5.41) is 3.31. The predicted molar refractivity (Wildman–Crippen MR) is 72.1 cm³/mol. The van der Waals surface area contributed by atoms with E-state index >= 15 is 0 Å². The van der Waals surface area contributed by atoms with Crippen molar-refractivity contribution in [3.63, 3.8) is 0 Å². The number of hydrogen-bond donors (Lipinski definition) is 1. The van der Waals surface area contributed by atoms with Crippen LogP contribution < -0.4 is 5.32 Å². The fourth-order valence-electron chi connectivity index (χ4n) is 1.75. The minimum Gasteiger partial charge on any atom is -0.385 e. The third kappa shape index (κ3) is 9.56. The molecule has 0 aliphatic carbocycles. The summed E-state index contributed by atoms with van der Waals surface area (Å²) in [6.07, 6.45) is 3.55. The van der Waals surface area contributed by atoms with Crippen LogP contribution in [0.3, 0.4) is 0 Å². The fourth-order valence-corrected chi connectivity index (χ4v) is 3.38. The van der Waals surface area contributed by atoms with E-state index in [0.29, 0.717) is 13.0 Å². The van der Waals surface area contributed by atoms with Crippen LogP contribution in [0.25, 0.3) is 0 Å². The molecule has 1 atom stereocenters. The second-order valence-corrected chi connectivity index (χ2v) is 6.63. The summed E-state index contributed by atoms with van der Waals surface area (Å²) in [5.74, 6) is 0.486. The third-order valence-corrected chi connectivity index (χ3v) is 4.40. The lowest BCUT2D eigenvalue weighted by Gasteiger charge is -2.17. The number of methoxy groups -OCH3 is 1. The Bertz CT molecular complexity index is 265. The van der Waals surface area contributed by atoms with Crippen molar-refractivity contribution in [3.05, 3.63) is 0 Å². The van der Waals surface area contributed by atoms with E-state index in [1.54, 1.807) is 7.11 Å². The molecular formula is C12H27NO3S. The summed E-state index contributed by atoms with van der Waals surface area (Å²) in [7, 11) is -1.36. The van der Waals surface area contributed by atoms with Crippen LogP contribution in [0.5, 0.6) is 0 Å². The number of nitrogens with one attached hydrogen (secondary N) is 1. The molecule has 0 aromatic heterocycles. The van der Waals surface area contributed by atoms with Gasteiger partial charge in [-0.05, 0) is 25.8 Å². The van der Waals surface area contributed by atoms with E-state index in [-0.39, 0.29) is 17.5 Å². The summed E-state index contributed by atoms with van der Waals surface area (Å²) in [6.45, 7) is 5.57. The summed E-state index contributed by atoms with van der Waals surface area (Å²) >= 11 is 0. The Morgan fingerprint density at radius 3 is 2.47 bits per heavy atom. The zero-order valence-electron chi connectivity index (χ0n) is 11.4. The average molecular weight is 265 g/mol. The molecular weight excluding hydrogens is 238 g/mol. The van der Waals surface area contributed by atoms with Crippen LogP contribution in [0.15, 0.2) is 0 Å². The molecule has 0 saturated carbocycles. The maximum atomic E-state index is 11.9. The van der Waals surface area contributed by atoms with Crippen LogP contribution in [-0.4, -0.2) is 46.2 Å². The van der Waals surface area contributed by atoms with E-state index in [4.69, 9.17) is 4.74 Å². The number of sulfone groups is 1. The summed E-state index contributed by atoms with van der Waals surface area (Å²) in [5.41, 5.74) is 0. The van der Waals surface area contributed by atoms with Crippen LogP contribution in [0.2, 0.25) is 0 Å². The molecule has 0 aromatic carbocycles. The third-order valence-electron chi connectivity index (χ3n) is 2.58. The Morgan fingerprint density at radius 1 is 1.24 bits per heavy atom. The highest BCUT2D eigenvalue weighted by Crippen LogP contribution is 2.04. The number of rotatable bonds is 11. The fraction of sp³-hybridized carbons (Fsp3) is 1.00. The van der Waals surface area contributed by atoms with Gasteiger partial charge in [0.15, 0.2) is 9.84 Å². The van der Waals surface area contributed by atoms with Crippen molar-refractivity contribution in [1.29, 1.82) is 0 Å². The maximum Gasteiger partial charge on any atom is 0.151 e. The van der Waals surface area contributed by atoms with Gasteiger partial charge in [0.2, 0.25) is 0 Å². The molecule has 0 aliphatic heterocycles. The highest BCUT2D eigenvalue weighted by atomic mass is 32.2. The van der Waals surface area contributed by atoms with Crippen molar-refractivity contribution >= 4 is 9.84 Å². The van der Waals surface area contributed by atoms with Crippen molar-refractivity contribution in [3.8, 4) is 0 Å². The molecule has 104 valence electrons. The van der Waals surface area contributed by atoms with Gasteiger partial charge in [-0.25, -0.2) is 8.42 Å². The minimum absolute atomic E-state index is 0.104. The van der Waals surface area contributed by atoms with Gasteiger partial charge in [-0.1, -0.05) is 20.3 Å². The van der Waals surface area contributed by atoms with E-state index in [1.807, 2.05) is 0 Å². The Kier molecular flexibility index (Phi) is 9.78. The Labute approximate surface area is 106 Å². The Hall–Kier alpha value is -0.130. The molecule has 1 N–H and O–H groups in total. The Balaban J connectivity index is 4.11. The lowest BCUT2D eigenvalue weighted by atomic mass is 10.2. The normalized spacial score (nSPS) is 13.8. The zero-order valence-corrected chi connectivity index (χ0v) is 12.2. The van der Waals surface area contributed by atoms with Crippen molar-refractivity contribution in [2.75, 3.05) is 31.8 Å². The SMILES string of the molecule is CCCNC(CCC)CS(=O)(=O)CCCOC. The zero-order chi connectivity index (χ0) is 13.1. The van der Waals surface area contributed by atoms with E-state index in [2.05, 4.69) is 19.2 Å². The molecule has 0 fully saturated rings. The van der Waals surface area contributed by atoms with Crippen LogP contribution in [0.4, 0.5) is 0 Å².